The van der Waals surface area contributed by atoms with E-state index in [0.29, 0.717) is 19.5 Å². The SMILES string of the molecule is CN(C)C(=O)N1CCCC(C(=O)NOCC(N)=O)C1. The molecule has 1 unspecified atom stereocenters. The maximum absolute atomic E-state index is 11.8. The molecule has 4 amide bonds. The molecule has 1 fully saturated rings. The molecule has 3 N–H and O–H groups in total. The number of nitrogens with zero attached hydrogens (tertiary/aromatic N) is 2. The second kappa shape index (κ2) is 6.93. The average molecular weight is 272 g/mol. The van der Waals surface area contributed by atoms with Crippen LogP contribution in [0.2, 0.25) is 0 Å². The summed E-state index contributed by atoms with van der Waals surface area (Å²) >= 11 is 0. The van der Waals surface area contributed by atoms with Gasteiger partial charge in [-0.1, -0.05) is 0 Å². The lowest BCUT2D eigenvalue weighted by molar-refractivity contribution is -0.142. The van der Waals surface area contributed by atoms with Crippen molar-refractivity contribution in [3.8, 4) is 0 Å². The summed E-state index contributed by atoms with van der Waals surface area (Å²) in [6.45, 7) is 0.629. The summed E-state index contributed by atoms with van der Waals surface area (Å²) in [6, 6.07) is -0.115. The van der Waals surface area contributed by atoms with Crippen LogP contribution in [-0.4, -0.2) is 61.4 Å². The lowest BCUT2D eigenvalue weighted by Gasteiger charge is -2.33. The van der Waals surface area contributed by atoms with Gasteiger partial charge in [0.05, 0.1) is 5.92 Å². The Morgan fingerprint density at radius 1 is 1.42 bits per heavy atom. The highest BCUT2D eigenvalue weighted by Gasteiger charge is 2.29. The summed E-state index contributed by atoms with van der Waals surface area (Å²) in [5.41, 5.74) is 7.06. The minimum absolute atomic E-state index is 0.115. The number of urea groups is 1. The Hall–Kier alpha value is -1.83. The maximum Gasteiger partial charge on any atom is 0.319 e. The smallest absolute Gasteiger partial charge is 0.319 e. The van der Waals surface area contributed by atoms with Gasteiger partial charge in [-0.25, -0.2) is 10.3 Å². The molecule has 1 aliphatic rings. The highest BCUT2D eigenvalue weighted by molar-refractivity contribution is 5.80. The molecule has 8 nitrogen and oxygen atoms in total. The van der Waals surface area contributed by atoms with Crippen molar-refractivity contribution in [3.05, 3.63) is 0 Å². The summed E-state index contributed by atoms with van der Waals surface area (Å²) in [5.74, 6) is -1.32. The molecule has 1 heterocycles. The molecule has 0 aromatic carbocycles. The van der Waals surface area contributed by atoms with Gasteiger partial charge >= 0.3 is 6.03 Å². The van der Waals surface area contributed by atoms with Crippen LogP contribution in [0, 0.1) is 5.92 Å². The number of hydrogen-bond donors (Lipinski definition) is 2. The van der Waals surface area contributed by atoms with Crippen LogP contribution in [0.25, 0.3) is 0 Å². The first-order valence-electron chi connectivity index (χ1n) is 6.08. The topological polar surface area (TPSA) is 105 Å². The standard InChI is InChI=1S/C11H20N4O4/c1-14(2)11(18)15-5-3-4-8(6-15)10(17)13-19-7-9(12)16/h8H,3-7H2,1-2H3,(H2,12,16)(H,13,17). The molecular weight excluding hydrogens is 252 g/mol. The molecule has 1 aliphatic heterocycles. The number of nitrogens with one attached hydrogen (secondary N) is 1. The summed E-state index contributed by atoms with van der Waals surface area (Å²) in [7, 11) is 3.34. The number of piperidine rings is 1. The van der Waals surface area contributed by atoms with Gasteiger partial charge in [-0.3, -0.25) is 14.4 Å². The highest BCUT2D eigenvalue weighted by Crippen LogP contribution is 2.17. The van der Waals surface area contributed by atoms with Gasteiger partial charge in [0.1, 0.15) is 0 Å². The van der Waals surface area contributed by atoms with Crippen LogP contribution in [0.15, 0.2) is 0 Å². The van der Waals surface area contributed by atoms with Gasteiger partial charge in [-0.05, 0) is 12.8 Å². The number of carbonyl (C=O) groups is 3. The first-order chi connectivity index (χ1) is 8.91. The van der Waals surface area contributed by atoms with Crippen LogP contribution in [0.3, 0.4) is 0 Å². The van der Waals surface area contributed by atoms with Crippen LogP contribution in [-0.2, 0) is 14.4 Å². The van der Waals surface area contributed by atoms with E-state index in [9.17, 15) is 14.4 Å². The minimum atomic E-state index is -0.659. The van der Waals surface area contributed by atoms with E-state index in [-0.39, 0.29) is 24.5 Å². The molecule has 0 radical (unpaired) electrons. The van der Waals surface area contributed by atoms with Gasteiger partial charge in [-0.2, -0.15) is 0 Å². The van der Waals surface area contributed by atoms with Crippen molar-refractivity contribution in [1.29, 1.82) is 0 Å². The van der Waals surface area contributed by atoms with E-state index in [1.54, 1.807) is 19.0 Å². The number of hydroxylamine groups is 1. The normalized spacial score (nSPS) is 18.8. The molecule has 19 heavy (non-hydrogen) atoms. The van der Waals surface area contributed by atoms with Gasteiger partial charge < -0.3 is 15.5 Å². The maximum atomic E-state index is 11.8. The van der Waals surface area contributed by atoms with E-state index >= 15 is 0 Å². The van der Waals surface area contributed by atoms with Crippen molar-refractivity contribution in [2.24, 2.45) is 11.7 Å². The monoisotopic (exact) mass is 272 g/mol. The molecule has 1 saturated heterocycles. The van der Waals surface area contributed by atoms with E-state index < -0.39 is 5.91 Å². The van der Waals surface area contributed by atoms with Gasteiger partial charge in [0.2, 0.25) is 11.8 Å². The largest absolute Gasteiger partial charge is 0.368 e. The summed E-state index contributed by atoms with van der Waals surface area (Å²) in [6.07, 6.45) is 1.44. The second-order valence-electron chi connectivity index (χ2n) is 4.68. The fourth-order valence-electron chi connectivity index (χ4n) is 1.91. The number of likely N-dealkylation sites (tertiary alicyclic amines) is 1. The number of primary amides is 1. The zero-order chi connectivity index (χ0) is 14.4. The number of rotatable bonds is 4. The van der Waals surface area contributed by atoms with Gasteiger partial charge in [0.25, 0.3) is 0 Å². The number of amides is 4. The van der Waals surface area contributed by atoms with Crippen LogP contribution in [0.4, 0.5) is 4.79 Å². The average Bonchev–Trinajstić information content (AvgIpc) is 2.37. The third-order valence-corrected chi connectivity index (χ3v) is 2.83. The molecule has 1 atom stereocenters. The van der Waals surface area contributed by atoms with Crippen LogP contribution < -0.4 is 11.2 Å². The van der Waals surface area contributed by atoms with Gasteiger partial charge in [-0.15, -0.1) is 0 Å². The molecule has 108 valence electrons. The molecule has 0 aliphatic carbocycles. The van der Waals surface area contributed by atoms with E-state index in [1.807, 2.05) is 0 Å². The first kappa shape index (κ1) is 15.2. The molecule has 0 saturated carbocycles. The van der Waals surface area contributed by atoms with E-state index in [2.05, 4.69) is 10.3 Å². The summed E-state index contributed by atoms with van der Waals surface area (Å²) in [5, 5.41) is 0. The van der Waals surface area contributed by atoms with Crippen molar-refractivity contribution in [1.82, 2.24) is 15.3 Å². The van der Waals surface area contributed by atoms with E-state index in [1.165, 1.54) is 4.90 Å². The molecule has 0 spiro atoms. The van der Waals surface area contributed by atoms with Crippen molar-refractivity contribution >= 4 is 17.8 Å². The highest BCUT2D eigenvalue weighted by atomic mass is 16.7. The Labute approximate surface area is 111 Å². The Morgan fingerprint density at radius 3 is 2.68 bits per heavy atom. The third-order valence-electron chi connectivity index (χ3n) is 2.83. The Kier molecular flexibility index (Phi) is 5.56. The Balaban J connectivity index is 2.43. The molecule has 0 aromatic rings. The second-order valence-corrected chi connectivity index (χ2v) is 4.68. The molecular formula is C11H20N4O4. The summed E-state index contributed by atoms with van der Waals surface area (Å²) in [4.78, 5) is 41.8. The fraction of sp³-hybridized carbons (Fsp3) is 0.727. The first-order valence-corrected chi connectivity index (χ1v) is 6.08. The molecule has 1 rings (SSSR count). The van der Waals surface area contributed by atoms with Crippen LogP contribution in [0.1, 0.15) is 12.8 Å². The third kappa shape index (κ3) is 4.74. The lowest BCUT2D eigenvalue weighted by atomic mass is 9.98. The van der Waals surface area contributed by atoms with E-state index in [4.69, 9.17) is 5.73 Å². The Morgan fingerprint density at radius 2 is 2.11 bits per heavy atom. The molecule has 8 heteroatoms. The van der Waals surface area contributed by atoms with E-state index in [0.717, 1.165) is 6.42 Å². The number of hydrogen-bond acceptors (Lipinski definition) is 4. The van der Waals surface area contributed by atoms with Crippen molar-refractivity contribution in [3.63, 3.8) is 0 Å². The van der Waals surface area contributed by atoms with Crippen LogP contribution in [0.5, 0.6) is 0 Å². The van der Waals surface area contributed by atoms with Crippen molar-refractivity contribution < 1.29 is 19.2 Å². The Bertz CT molecular complexity index is 359. The number of carbonyl (C=O) groups excluding carboxylic acids is 3. The quantitative estimate of drug-likeness (QED) is 0.634. The zero-order valence-corrected chi connectivity index (χ0v) is 11.2. The predicted molar refractivity (Wildman–Crippen MR) is 66.7 cm³/mol. The lowest BCUT2D eigenvalue weighted by Crippen LogP contribution is -2.48. The molecule has 0 aromatic heterocycles. The number of nitrogens with two attached hydrogens (primary N) is 1. The van der Waals surface area contributed by atoms with Crippen molar-refractivity contribution in [2.45, 2.75) is 12.8 Å². The summed E-state index contributed by atoms with van der Waals surface area (Å²) < 4.78 is 0. The fourth-order valence-corrected chi connectivity index (χ4v) is 1.91. The minimum Gasteiger partial charge on any atom is -0.368 e. The molecule has 0 bridgehead atoms. The zero-order valence-electron chi connectivity index (χ0n) is 11.2. The van der Waals surface area contributed by atoms with Gasteiger partial charge in [0.15, 0.2) is 6.61 Å². The van der Waals surface area contributed by atoms with Gasteiger partial charge in [0, 0.05) is 27.2 Å². The van der Waals surface area contributed by atoms with Crippen molar-refractivity contribution in [2.75, 3.05) is 33.8 Å². The predicted octanol–water partition coefficient (Wildman–Crippen LogP) is -1.09. The van der Waals surface area contributed by atoms with Crippen LogP contribution >= 0.6 is 0 Å².